The van der Waals surface area contributed by atoms with Crippen molar-refractivity contribution in [1.82, 2.24) is 10.9 Å². The predicted molar refractivity (Wildman–Crippen MR) is 89.8 cm³/mol. The van der Waals surface area contributed by atoms with Gasteiger partial charge in [0.2, 0.25) is 5.91 Å². The molecule has 2 aliphatic rings. The Hall–Kier alpha value is -1.59. The van der Waals surface area contributed by atoms with Gasteiger partial charge in [-0.15, -0.1) is 0 Å². The lowest BCUT2D eigenvalue weighted by Gasteiger charge is -2.20. The Labute approximate surface area is 132 Å². The van der Waals surface area contributed by atoms with Crippen molar-refractivity contribution < 1.29 is 4.79 Å². The van der Waals surface area contributed by atoms with Crippen LogP contribution in [-0.4, -0.2) is 31.1 Å². The monoisotopic (exact) mass is 302 g/mol. The van der Waals surface area contributed by atoms with Crippen LogP contribution in [0.15, 0.2) is 24.3 Å². The molecule has 0 bridgehead atoms. The number of amides is 1. The maximum Gasteiger partial charge on any atom is 0.243 e. The highest BCUT2D eigenvalue weighted by atomic mass is 16.2. The third-order valence-electron chi connectivity index (χ3n) is 4.89. The summed E-state index contributed by atoms with van der Waals surface area (Å²) in [6.45, 7) is 6.48. The second-order valence-electron chi connectivity index (χ2n) is 6.37. The number of nitrogens with zero attached hydrogens (tertiary/aromatic N) is 1. The molecule has 22 heavy (non-hydrogen) atoms. The van der Waals surface area contributed by atoms with Crippen LogP contribution < -0.4 is 21.1 Å². The van der Waals surface area contributed by atoms with E-state index in [2.05, 4.69) is 47.0 Å². The number of hydrogen-bond donors (Lipinski definition) is 3. The number of carbonyl (C=O) groups is 1. The van der Waals surface area contributed by atoms with E-state index in [1.54, 1.807) is 0 Å². The molecular weight excluding hydrogens is 276 g/mol. The zero-order valence-electron chi connectivity index (χ0n) is 13.4. The second-order valence-corrected chi connectivity index (χ2v) is 6.37. The molecule has 2 heterocycles. The van der Waals surface area contributed by atoms with Gasteiger partial charge in [0.1, 0.15) is 6.04 Å². The molecule has 1 aromatic carbocycles. The Balaban J connectivity index is 1.65. The van der Waals surface area contributed by atoms with E-state index in [0.29, 0.717) is 6.04 Å². The van der Waals surface area contributed by atoms with Crippen molar-refractivity contribution in [2.24, 2.45) is 5.92 Å². The molecule has 1 amide bonds. The molecule has 2 saturated heterocycles. The number of carbonyl (C=O) groups excluding carboxylic acids is 1. The summed E-state index contributed by atoms with van der Waals surface area (Å²) >= 11 is 0. The SMILES string of the molecule is CCC1NNC(C(=O)Nc2cccc(N3CCCC3)c2)C1C. The summed E-state index contributed by atoms with van der Waals surface area (Å²) < 4.78 is 0. The Morgan fingerprint density at radius 3 is 2.77 bits per heavy atom. The Kier molecular flexibility index (Phi) is 4.64. The molecule has 3 rings (SSSR count). The first kappa shape index (κ1) is 15.3. The highest BCUT2D eigenvalue weighted by molar-refractivity contribution is 5.95. The first-order chi connectivity index (χ1) is 10.7. The molecule has 5 nitrogen and oxygen atoms in total. The largest absolute Gasteiger partial charge is 0.371 e. The van der Waals surface area contributed by atoms with Crippen molar-refractivity contribution in [3.63, 3.8) is 0 Å². The van der Waals surface area contributed by atoms with E-state index in [1.807, 2.05) is 12.1 Å². The van der Waals surface area contributed by atoms with E-state index in [4.69, 9.17) is 0 Å². The number of nitrogens with one attached hydrogen (secondary N) is 3. The van der Waals surface area contributed by atoms with Gasteiger partial charge in [-0.1, -0.05) is 19.9 Å². The molecule has 0 saturated carbocycles. The van der Waals surface area contributed by atoms with Crippen LogP contribution >= 0.6 is 0 Å². The van der Waals surface area contributed by atoms with Crippen molar-refractivity contribution in [2.75, 3.05) is 23.3 Å². The molecule has 0 aromatic heterocycles. The van der Waals surface area contributed by atoms with Crippen LogP contribution in [0.2, 0.25) is 0 Å². The topological polar surface area (TPSA) is 56.4 Å². The van der Waals surface area contributed by atoms with Gasteiger partial charge < -0.3 is 10.2 Å². The van der Waals surface area contributed by atoms with Gasteiger partial charge in [0.25, 0.3) is 0 Å². The number of hydrazine groups is 1. The first-order valence-corrected chi connectivity index (χ1v) is 8.36. The van der Waals surface area contributed by atoms with E-state index in [9.17, 15) is 4.79 Å². The Morgan fingerprint density at radius 2 is 2.09 bits per heavy atom. The lowest BCUT2D eigenvalue weighted by Crippen LogP contribution is -2.41. The smallest absolute Gasteiger partial charge is 0.243 e. The maximum atomic E-state index is 12.5. The van der Waals surface area contributed by atoms with Crippen molar-refractivity contribution in [3.05, 3.63) is 24.3 Å². The summed E-state index contributed by atoms with van der Waals surface area (Å²) in [6.07, 6.45) is 3.52. The number of rotatable bonds is 4. The first-order valence-electron chi connectivity index (χ1n) is 8.36. The highest BCUT2D eigenvalue weighted by Gasteiger charge is 2.35. The molecule has 3 atom stereocenters. The van der Waals surface area contributed by atoms with Gasteiger partial charge in [0, 0.05) is 30.5 Å². The zero-order valence-corrected chi connectivity index (χ0v) is 13.4. The predicted octanol–water partition coefficient (Wildman–Crippen LogP) is 2.12. The Bertz CT molecular complexity index is 527. The van der Waals surface area contributed by atoms with Crippen LogP contribution in [0.1, 0.15) is 33.1 Å². The van der Waals surface area contributed by atoms with E-state index in [1.165, 1.54) is 18.5 Å². The van der Waals surface area contributed by atoms with Crippen LogP contribution in [0.25, 0.3) is 0 Å². The third-order valence-corrected chi connectivity index (χ3v) is 4.89. The van der Waals surface area contributed by atoms with Gasteiger partial charge in [-0.2, -0.15) is 0 Å². The summed E-state index contributed by atoms with van der Waals surface area (Å²) in [7, 11) is 0. The summed E-state index contributed by atoms with van der Waals surface area (Å²) in [6, 6.07) is 8.34. The molecule has 2 aliphatic heterocycles. The summed E-state index contributed by atoms with van der Waals surface area (Å²) in [5.41, 5.74) is 8.41. The molecule has 120 valence electrons. The molecule has 5 heteroatoms. The molecule has 0 radical (unpaired) electrons. The van der Waals surface area contributed by atoms with Gasteiger partial charge in [-0.25, -0.2) is 5.43 Å². The fraction of sp³-hybridized carbons (Fsp3) is 0.588. The number of benzene rings is 1. The molecular formula is C17H26N4O. The lowest BCUT2D eigenvalue weighted by molar-refractivity contribution is -0.118. The van der Waals surface area contributed by atoms with Crippen LogP contribution in [0.4, 0.5) is 11.4 Å². The fourth-order valence-corrected chi connectivity index (χ4v) is 3.45. The lowest BCUT2D eigenvalue weighted by atomic mass is 9.94. The van der Waals surface area contributed by atoms with E-state index in [0.717, 1.165) is 25.2 Å². The van der Waals surface area contributed by atoms with Gasteiger partial charge in [0.15, 0.2) is 0 Å². The van der Waals surface area contributed by atoms with Gasteiger partial charge in [0.05, 0.1) is 0 Å². The van der Waals surface area contributed by atoms with Gasteiger partial charge in [-0.05, 0) is 43.4 Å². The fourth-order valence-electron chi connectivity index (χ4n) is 3.45. The minimum absolute atomic E-state index is 0.0366. The van der Waals surface area contributed by atoms with Crippen LogP contribution in [0.5, 0.6) is 0 Å². The van der Waals surface area contributed by atoms with E-state index >= 15 is 0 Å². The summed E-state index contributed by atoms with van der Waals surface area (Å²) in [4.78, 5) is 14.9. The van der Waals surface area contributed by atoms with Crippen LogP contribution in [-0.2, 0) is 4.79 Å². The maximum absolute atomic E-state index is 12.5. The standard InChI is InChI=1S/C17H26N4O/c1-3-15-12(2)16(20-19-15)17(22)18-13-7-6-8-14(11-13)21-9-4-5-10-21/h6-8,11-12,15-16,19-20H,3-5,9-10H2,1-2H3,(H,18,22). The number of anilines is 2. The molecule has 3 N–H and O–H groups in total. The van der Waals surface area contributed by atoms with Crippen molar-refractivity contribution in [1.29, 1.82) is 0 Å². The van der Waals surface area contributed by atoms with Crippen molar-refractivity contribution >= 4 is 17.3 Å². The van der Waals surface area contributed by atoms with Crippen molar-refractivity contribution in [2.45, 2.75) is 45.2 Å². The van der Waals surface area contributed by atoms with E-state index < -0.39 is 0 Å². The molecule has 2 fully saturated rings. The van der Waals surface area contributed by atoms with E-state index in [-0.39, 0.29) is 17.9 Å². The Morgan fingerprint density at radius 1 is 1.32 bits per heavy atom. The second kappa shape index (κ2) is 6.67. The summed E-state index contributed by atoms with van der Waals surface area (Å²) in [5.74, 6) is 0.321. The normalized spacial score (nSPS) is 28.1. The molecule has 0 spiro atoms. The van der Waals surface area contributed by atoms with Gasteiger partial charge >= 0.3 is 0 Å². The van der Waals surface area contributed by atoms with Crippen LogP contribution in [0.3, 0.4) is 0 Å². The van der Waals surface area contributed by atoms with Crippen LogP contribution in [0, 0.1) is 5.92 Å². The minimum atomic E-state index is -0.180. The highest BCUT2D eigenvalue weighted by Crippen LogP contribution is 2.24. The quantitative estimate of drug-likeness (QED) is 0.797. The average Bonchev–Trinajstić information content (AvgIpc) is 3.16. The molecule has 1 aromatic rings. The van der Waals surface area contributed by atoms with Crippen molar-refractivity contribution in [3.8, 4) is 0 Å². The zero-order chi connectivity index (χ0) is 15.5. The minimum Gasteiger partial charge on any atom is -0.371 e. The average molecular weight is 302 g/mol. The molecule has 3 unspecified atom stereocenters. The third kappa shape index (κ3) is 3.10. The summed E-state index contributed by atoms with van der Waals surface area (Å²) in [5, 5.41) is 3.05. The van der Waals surface area contributed by atoms with Gasteiger partial charge in [-0.3, -0.25) is 10.2 Å². The molecule has 0 aliphatic carbocycles. The number of hydrogen-bond acceptors (Lipinski definition) is 4.